The van der Waals surface area contributed by atoms with Gasteiger partial charge >= 0.3 is 6.03 Å². The number of amides is 3. The van der Waals surface area contributed by atoms with Crippen molar-refractivity contribution >= 4 is 27.6 Å². The molecule has 1 aliphatic heterocycles. The molecule has 2 aliphatic rings. The lowest BCUT2D eigenvalue weighted by Crippen LogP contribution is -2.47. The third-order valence-electron chi connectivity index (χ3n) is 5.80. The fourth-order valence-corrected chi connectivity index (χ4v) is 4.87. The summed E-state index contributed by atoms with van der Waals surface area (Å²) in [6.45, 7) is 1.43. The molecule has 0 aromatic heterocycles. The molecule has 2 fully saturated rings. The monoisotopic (exact) mass is 456 g/mol. The molecule has 0 atom stereocenters. The zero-order valence-corrected chi connectivity index (χ0v) is 18.6. The molecular formula is C23H28N4O4S. The van der Waals surface area contributed by atoms with Crippen LogP contribution >= 0.6 is 0 Å². The van der Waals surface area contributed by atoms with Crippen molar-refractivity contribution in [3.63, 3.8) is 0 Å². The van der Waals surface area contributed by atoms with Crippen LogP contribution in [0.4, 0.5) is 10.5 Å². The highest BCUT2D eigenvalue weighted by molar-refractivity contribution is 7.89. The van der Waals surface area contributed by atoms with Crippen molar-refractivity contribution in [2.75, 3.05) is 25.0 Å². The van der Waals surface area contributed by atoms with Gasteiger partial charge in [0.25, 0.3) is 5.91 Å². The fourth-order valence-electron chi connectivity index (χ4n) is 3.71. The van der Waals surface area contributed by atoms with Crippen LogP contribution in [-0.2, 0) is 10.0 Å². The second-order valence-corrected chi connectivity index (χ2v) is 10.1. The van der Waals surface area contributed by atoms with Gasteiger partial charge in [0.1, 0.15) is 0 Å². The smallest absolute Gasteiger partial charge is 0.319 e. The van der Waals surface area contributed by atoms with Crippen LogP contribution in [0.25, 0.3) is 0 Å². The zero-order chi connectivity index (χ0) is 22.6. The van der Waals surface area contributed by atoms with Gasteiger partial charge in [-0.2, -0.15) is 0 Å². The lowest BCUT2D eigenvalue weighted by atomic mass is 10.0. The first-order valence-electron chi connectivity index (χ1n) is 10.9. The first-order chi connectivity index (χ1) is 15.4. The SMILES string of the molecule is O=C(Nc1ccccc1)NC1CCN(C(=O)c2cccc(S(=O)(=O)NCC3CC3)c2)CC1. The summed E-state index contributed by atoms with van der Waals surface area (Å²) in [6, 6.07) is 15.1. The molecule has 9 heteroatoms. The summed E-state index contributed by atoms with van der Waals surface area (Å²) >= 11 is 0. The molecule has 0 bridgehead atoms. The van der Waals surface area contributed by atoms with E-state index in [9.17, 15) is 18.0 Å². The number of likely N-dealkylation sites (tertiary alicyclic amines) is 1. The van der Waals surface area contributed by atoms with Gasteiger partial charge in [0.15, 0.2) is 0 Å². The Bertz CT molecular complexity index is 1060. The first kappa shape index (κ1) is 22.3. The maximum absolute atomic E-state index is 12.9. The van der Waals surface area contributed by atoms with Crippen molar-refractivity contribution < 1.29 is 18.0 Å². The maximum Gasteiger partial charge on any atom is 0.319 e. The Labute approximate surface area is 188 Å². The predicted molar refractivity (Wildman–Crippen MR) is 122 cm³/mol. The molecule has 0 spiro atoms. The van der Waals surface area contributed by atoms with Crippen LogP contribution in [0.3, 0.4) is 0 Å². The van der Waals surface area contributed by atoms with E-state index in [1.807, 2.05) is 30.3 Å². The number of carbonyl (C=O) groups is 2. The van der Waals surface area contributed by atoms with E-state index < -0.39 is 10.0 Å². The molecule has 1 saturated heterocycles. The van der Waals surface area contributed by atoms with Gasteiger partial charge in [-0.25, -0.2) is 17.9 Å². The normalized spacial score (nSPS) is 17.1. The number of hydrogen-bond donors (Lipinski definition) is 3. The number of carbonyl (C=O) groups excluding carboxylic acids is 2. The summed E-state index contributed by atoms with van der Waals surface area (Å²) in [4.78, 5) is 26.9. The van der Waals surface area contributed by atoms with Crippen LogP contribution in [0.15, 0.2) is 59.5 Å². The van der Waals surface area contributed by atoms with Gasteiger partial charge in [-0.3, -0.25) is 4.79 Å². The van der Waals surface area contributed by atoms with Crippen molar-refractivity contribution in [3.8, 4) is 0 Å². The molecule has 1 aliphatic carbocycles. The third-order valence-corrected chi connectivity index (χ3v) is 7.22. The van der Waals surface area contributed by atoms with Crippen molar-refractivity contribution in [1.29, 1.82) is 0 Å². The number of hydrogen-bond acceptors (Lipinski definition) is 4. The summed E-state index contributed by atoms with van der Waals surface area (Å²) in [6.07, 6.45) is 3.38. The number of urea groups is 1. The fraction of sp³-hybridized carbons (Fsp3) is 0.391. The number of rotatable bonds is 7. The number of nitrogens with zero attached hydrogens (tertiary/aromatic N) is 1. The van der Waals surface area contributed by atoms with E-state index in [1.165, 1.54) is 12.1 Å². The minimum Gasteiger partial charge on any atom is -0.338 e. The van der Waals surface area contributed by atoms with Crippen LogP contribution in [-0.4, -0.2) is 50.9 Å². The summed E-state index contributed by atoms with van der Waals surface area (Å²) < 4.78 is 27.6. The van der Waals surface area contributed by atoms with Gasteiger partial charge in [0, 0.05) is 36.9 Å². The zero-order valence-electron chi connectivity index (χ0n) is 17.8. The molecule has 8 nitrogen and oxygen atoms in total. The molecule has 0 radical (unpaired) electrons. The van der Waals surface area contributed by atoms with Crippen LogP contribution in [0.2, 0.25) is 0 Å². The minimum absolute atomic E-state index is 0.0268. The predicted octanol–water partition coefficient (Wildman–Crippen LogP) is 2.80. The number of piperidine rings is 1. The van der Waals surface area contributed by atoms with Gasteiger partial charge in [0.05, 0.1) is 4.90 Å². The Hall–Kier alpha value is -2.91. The summed E-state index contributed by atoms with van der Waals surface area (Å²) in [5, 5.41) is 5.75. The van der Waals surface area contributed by atoms with Crippen LogP contribution in [0, 0.1) is 5.92 Å². The summed E-state index contributed by atoms with van der Waals surface area (Å²) in [5.41, 5.74) is 1.08. The lowest BCUT2D eigenvalue weighted by Gasteiger charge is -2.32. The second kappa shape index (κ2) is 9.70. The molecular weight excluding hydrogens is 428 g/mol. The molecule has 0 unspecified atom stereocenters. The molecule has 2 aromatic rings. The van der Waals surface area contributed by atoms with Crippen molar-refractivity contribution in [2.45, 2.75) is 36.6 Å². The Balaban J connectivity index is 1.30. The van der Waals surface area contributed by atoms with E-state index in [0.29, 0.717) is 44.0 Å². The average Bonchev–Trinajstić information content (AvgIpc) is 3.63. The van der Waals surface area contributed by atoms with Crippen LogP contribution < -0.4 is 15.4 Å². The standard InChI is InChI=1S/C23H28N4O4S/c28-22(18-5-4-8-21(15-18)32(30,31)24-16-17-9-10-17)27-13-11-20(12-14-27)26-23(29)25-19-6-2-1-3-7-19/h1-8,15,17,20,24H,9-14,16H2,(H2,25,26,29). The van der Waals surface area contributed by atoms with E-state index >= 15 is 0 Å². The maximum atomic E-state index is 12.9. The Morgan fingerprint density at radius 2 is 1.66 bits per heavy atom. The number of sulfonamides is 1. The number of para-hydroxylation sites is 1. The van der Waals surface area contributed by atoms with E-state index in [2.05, 4.69) is 15.4 Å². The van der Waals surface area contributed by atoms with Gasteiger partial charge in [-0.05, 0) is 61.9 Å². The van der Waals surface area contributed by atoms with Crippen LogP contribution in [0.1, 0.15) is 36.0 Å². The number of benzene rings is 2. The highest BCUT2D eigenvalue weighted by Gasteiger charge is 2.27. The Morgan fingerprint density at radius 3 is 2.34 bits per heavy atom. The van der Waals surface area contributed by atoms with Gasteiger partial charge in [0.2, 0.25) is 10.0 Å². The molecule has 2 aromatic carbocycles. The van der Waals surface area contributed by atoms with Crippen molar-refractivity contribution in [3.05, 3.63) is 60.2 Å². The lowest BCUT2D eigenvalue weighted by molar-refractivity contribution is 0.0708. The van der Waals surface area contributed by atoms with E-state index in [-0.39, 0.29) is 22.9 Å². The molecule has 3 N–H and O–H groups in total. The largest absolute Gasteiger partial charge is 0.338 e. The quantitative estimate of drug-likeness (QED) is 0.595. The summed E-state index contributed by atoms with van der Waals surface area (Å²) in [7, 11) is -3.63. The van der Waals surface area contributed by atoms with Crippen molar-refractivity contribution in [1.82, 2.24) is 14.9 Å². The van der Waals surface area contributed by atoms with E-state index in [0.717, 1.165) is 18.5 Å². The topological polar surface area (TPSA) is 108 Å². The number of anilines is 1. The average molecular weight is 457 g/mol. The highest BCUT2D eigenvalue weighted by atomic mass is 32.2. The molecule has 3 amide bonds. The molecule has 1 saturated carbocycles. The van der Waals surface area contributed by atoms with Crippen molar-refractivity contribution in [2.24, 2.45) is 5.92 Å². The second-order valence-electron chi connectivity index (χ2n) is 8.35. The first-order valence-corrected chi connectivity index (χ1v) is 12.4. The highest BCUT2D eigenvalue weighted by Crippen LogP contribution is 2.28. The number of nitrogens with one attached hydrogen (secondary N) is 3. The Kier molecular flexibility index (Phi) is 6.76. The third kappa shape index (κ3) is 5.86. The Morgan fingerprint density at radius 1 is 0.938 bits per heavy atom. The van der Waals surface area contributed by atoms with Gasteiger partial charge in [-0.1, -0.05) is 24.3 Å². The van der Waals surface area contributed by atoms with Gasteiger partial charge in [-0.15, -0.1) is 0 Å². The minimum atomic E-state index is -3.63. The van der Waals surface area contributed by atoms with E-state index in [1.54, 1.807) is 17.0 Å². The summed E-state index contributed by atoms with van der Waals surface area (Å²) in [5.74, 6) is 0.232. The molecule has 170 valence electrons. The molecule has 1 heterocycles. The van der Waals surface area contributed by atoms with Gasteiger partial charge < -0.3 is 15.5 Å². The molecule has 32 heavy (non-hydrogen) atoms. The van der Waals surface area contributed by atoms with E-state index in [4.69, 9.17) is 0 Å². The molecule has 4 rings (SSSR count). The van der Waals surface area contributed by atoms with Crippen LogP contribution in [0.5, 0.6) is 0 Å².